The Balaban J connectivity index is 1.54. The Kier molecular flexibility index (Phi) is 8.72. The van der Waals surface area contributed by atoms with Crippen molar-refractivity contribution in [3.8, 4) is 0 Å². The number of esters is 1. The highest BCUT2D eigenvalue weighted by atomic mass is 16.5. The molecule has 0 aliphatic heterocycles. The van der Waals surface area contributed by atoms with Crippen molar-refractivity contribution in [2.45, 2.75) is 39.0 Å². The maximum atomic E-state index is 12.0. The van der Waals surface area contributed by atoms with Gasteiger partial charge in [0, 0.05) is 18.4 Å². The highest BCUT2D eigenvalue weighted by Gasteiger charge is 2.10. The summed E-state index contributed by atoms with van der Waals surface area (Å²) in [5, 5.41) is 0. The van der Waals surface area contributed by atoms with Gasteiger partial charge in [0.1, 0.15) is 0 Å². The van der Waals surface area contributed by atoms with Crippen LogP contribution < -0.4 is 10.9 Å². The quantitative estimate of drug-likeness (QED) is 0.396. The second-order valence-electron chi connectivity index (χ2n) is 6.48. The van der Waals surface area contributed by atoms with Gasteiger partial charge in [0.05, 0.1) is 6.61 Å². The summed E-state index contributed by atoms with van der Waals surface area (Å²) in [5.41, 5.74) is 7.28. The molecular formula is C22H26N2O4. The van der Waals surface area contributed by atoms with E-state index in [1.807, 2.05) is 49.4 Å². The molecule has 6 nitrogen and oxygen atoms in total. The van der Waals surface area contributed by atoms with Crippen LogP contribution in [-0.2, 0) is 20.7 Å². The van der Waals surface area contributed by atoms with Crippen molar-refractivity contribution in [1.82, 2.24) is 10.9 Å². The molecule has 0 radical (unpaired) electrons. The topological polar surface area (TPSA) is 84.5 Å². The first kappa shape index (κ1) is 21.2. The van der Waals surface area contributed by atoms with E-state index >= 15 is 0 Å². The minimum atomic E-state index is -0.371. The molecule has 0 bridgehead atoms. The Morgan fingerprint density at radius 2 is 1.57 bits per heavy atom. The van der Waals surface area contributed by atoms with E-state index in [0.717, 1.165) is 18.4 Å². The lowest BCUT2D eigenvalue weighted by atomic mass is 10.1. The maximum absolute atomic E-state index is 12.0. The molecule has 0 saturated heterocycles. The summed E-state index contributed by atoms with van der Waals surface area (Å²) in [4.78, 5) is 35.5. The highest BCUT2D eigenvalue weighted by Crippen LogP contribution is 2.06. The number of nitrogens with one attached hydrogen (secondary N) is 2. The van der Waals surface area contributed by atoms with Crippen molar-refractivity contribution < 1.29 is 19.1 Å². The Hall–Kier alpha value is -3.15. The highest BCUT2D eigenvalue weighted by molar-refractivity contribution is 5.96. The molecule has 0 aromatic heterocycles. The van der Waals surface area contributed by atoms with Crippen LogP contribution in [0.2, 0.25) is 0 Å². The molecule has 2 aromatic rings. The van der Waals surface area contributed by atoms with E-state index in [1.54, 1.807) is 12.1 Å². The van der Waals surface area contributed by atoms with Gasteiger partial charge < -0.3 is 4.74 Å². The monoisotopic (exact) mass is 382 g/mol. The minimum Gasteiger partial charge on any atom is -0.466 e. The van der Waals surface area contributed by atoms with Crippen LogP contribution >= 0.6 is 0 Å². The third-order valence-corrected chi connectivity index (χ3v) is 4.21. The van der Waals surface area contributed by atoms with Crippen LogP contribution in [0.1, 0.15) is 47.2 Å². The summed E-state index contributed by atoms with van der Waals surface area (Å²) in [6.45, 7) is 2.19. The smallest absolute Gasteiger partial charge is 0.305 e. The number of carbonyl (C=O) groups excluding carboxylic acids is 3. The Morgan fingerprint density at radius 1 is 0.857 bits per heavy atom. The molecule has 28 heavy (non-hydrogen) atoms. The van der Waals surface area contributed by atoms with Crippen LogP contribution in [0.3, 0.4) is 0 Å². The Labute approximate surface area is 165 Å². The van der Waals surface area contributed by atoms with Crippen LogP contribution in [0.4, 0.5) is 0 Å². The molecule has 2 aromatic carbocycles. The lowest BCUT2D eigenvalue weighted by molar-refractivity contribution is -0.143. The summed E-state index contributed by atoms with van der Waals surface area (Å²) in [6, 6.07) is 17.1. The van der Waals surface area contributed by atoms with Gasteiger partial charge in [-0.2, -0.15) is 0 Å². The molecule has 0 atom stereocenters. The van der Waals surface area contributed by atoms with Crippen LogP contribution in [0.15, 0.2) is 54.6 Å². The van der Waals surface area contributed by atoms with Gasteiger partial charge in [-0.15, -0.1) is 0 Å². The van der Waals surface area contributed by atoms with E-state index in [4.69, 9.17) is 4.74 Å². The number of benzene rings is 2. The molecule has 0 unspecified atom stereocenters. The van der Waals surface area contributed by atoms with Gasteiger partial charge in [-0.25, -0.2) is 0 Å². The molecule has 2 amide bonds. The summed E-state index contributed by atoms with van der Waals surface area (Å²) in [5.74, 6) is -1.03. The average molecular weight is 382 g/mol. The van der Waals surface area contributed by atoms with E-state index < -0.39 is 0 Å². The molecule has 0 fully saturated rings. The first-order chi connectivity index (χ1) is 13.6. The summed E-state index contributed by atoms with van der Waals surface area (Å²) >= 11 is 0. The second-order valence-corrected chi connectivity index (χ2v) is 6.48. The number of carbonyl (C=O) groups is 3. The van der Waals surface area contributed by atoms with Gasteiger partial charge in [-0.1, -0.05) is 48.5 Å². The summed E-state index contributed by atoms with van der Waals surface area (Å²) < 4.78 is 5.17. The molecule has 0 aliphatic rings. The van der Waals surface area contributed by atoms with Crippen molar-refractivity contribution in [1.29, 1.82) is 0 Å². The molecule has 0 aliphatic carbocycles. The molecule has 0 spiro atoms. The van der Waals surface area contributed by atoms with Gasteiger partial charge in [0.15, 0.2) is 0 Å². The first-order valence-corrected chi connectivity index (χ1v) is 9.40. The predicted molar refractivity (Wildman–Crippen MR) is 106 cm³/mol. The van der Waals surface area contributed by atoms with Gasteiger partial charge in [-0.3, -0.25) is 25.2 Å². The fraction of sp³-hybridized carbons (Fsp3) is 0.318. The lowest BCUT2D eigenvalue weighted by Gasteiger charge is -2.09. The van der Waals surface area contributed by atoms with E-state index in [2.05, 4.69) is 10.9 Å². The first-order valence-electron chi connectivity index (χ1n) is 9.40. The zero-order valence-corrected chi connectivity index (χ0v) is 16.1. The molecule has 2 rings (SSSR count). The molecule has 0 heterocycles. The number of amides is 2. The zero-order chi connectivity index (χ0) is 20.2. The molecule has 148 valence electrons. The lowest BCUT2D eigenvalue weighted by Crippen LogP contribution is -2.41. The van der Waals surface area contributed by atoms with Crippen molar-refractivity contribution in [2.75, 3.05) is 6.61 Å². The van der Waals surface area contributed by atoms with Crippen molar-refractivity contribution in [3.63, 3.8) is 0 Å². The van der Waals surface area contributed by atoms with E-state index in [-0.39, 0.29) is 30.6 Å². The van der Waals surface area contributed by atoms with Crippen LogP contribution in [-0.4, -0.2) is 24.4 Å². The van der Waals surface area contributed by atoms with E-state index in [0.29, 0.717) is 18.6 Å². The summed E-state index contributed by atoms with van der Waals surface area (Å²) in [7, 11) is 0. The van der Waals surface area contributed by atoms with Crippen molar-refractivity contribution in [3.05, 3.63) is 71.3 Å². The Morgan fingerprint density at radius 3 is 2.32 bits per heavy atom. The van der Waals surface area contributed by atoms with Crippen molar-refractivity contribution in [2.24, 2.45) is 0 Å². The normalized spacial score (nSPS) is 10.2. The van der Waals surface area contributed by atoms with Gasteiger partial charge >= 0.3 is 5.97 Å². The van der Waals surface area contributed by atoms with Crippen molar-refractivity contribution >= 4 is 17.8 Å². The van der Waals surface area contributed by atoms with Crippen LogP contribution in [0.25, 0.3) is 0 Å². The molecular weight excluding hydrogens is 356 g/mol. The second kappa shape index (κ2) is 11.5. The molecule has 6 heteroatoms. The fourth-order valence-corrected chi connectivity index (χ4v) is 2.66. The third kappa shape index (κ3) is 7.61. The zero-order valence-electron chi connectivity index (χ0n) is 16.1. The van der Waals surface area contributed by atoms with E-state index in [9.17, 15) is 14.4 Å². The number of ether oxygens (including phenoxy) is 1. The number of hydrogen-bond donors (Lipinski definition) is 2. The average Bonchev–Trinajstić information content (AvgIpc) is 2.70. The maximum Gasteiger partial charge on any atom is 0.305 e. The third-order valence-electron chi connectivity index (χ3n) is 4.21. The number of rotatable bonds is 9. The predicted octanol–water partition coefficient (Wildman–Crippen LogP) is 3.10. The number of hydrazine groups is 1. The minimum absolute atomic E-state index is 0.132. The molecule has 0 saturated carbocycles. The Bertz CT molecular complexity index is 790. The molecule has 2 N–H and O–H groups in total. The number of hydrogen-bond acceptors (Lipinski definition) is 4. The standard InChI is InChI=1S/C22H26N2O4/c1-17-9-5-6-13-19(17)22(27)24-23-20(25)14-7-15-21(26)28-16-8-12-18-10-3-2-4-11-18/h2-6,9-11,13H,7-8,12,14-16H2,1H3,(H,23,25)(H,24,27). The summed E-state index contributed by atoms with van der Waals surface area (Å²) in [6.07, 6.45) is 2.29. The number of aryl methyl sites for hydroxylation is 2. The fourth-order valence-electron chi connectivity index (χ4n) is 2.66. The van der Waals surface area contributed by atoms with Crippen LogP contribution in [0, 0.1) is 6.92 Å². The largest absolute Gasteiger partial charge is 0.466 e. The van der Waals surface area contributed by atoms with E-state index in [1.165, 1.54) is 5.56 Å². The van der Waals surface area contributed by atoms with Gasteiger partial charge in [0.25, 0.3) is 5.91 Å². The van der Waals surface area contributed by atoms with Gasteiger partial charge in [-0.05, 0) is 43.4 Å². The van der Waals surface area contributed by atoms with Gasteiger partial charge in [0.2, 0.25) is 5.91 Å². The SMILES string of the molecule is Cc1ccccc1C(=O)NNC(=O)CCCC(=O)OCCCc1ccccc1. The van der Waals surface area contributed by atoms with Crippen LogP contribution in [0.5, 0.6) is 0 Å².